The van der Waals surface area contributed by atoms with Gasteiger partial charge in [-0.15, -0.1) is 0 Å². The fourth-order valence-corrected chi connectivity index (χ4v) is 5.80. The highest BCUT2D eigenvalue weighted by molar-refractivity contribution is 5.79. The van der Waals surface area contributed by atoms with Crippen LogP contribution >= 0.6 is 0 Å². The maximum absolute atomic E-state index is 13.0. The number of carbonyl (C=O) groups excluding carboxylic acids is 1. The first kappa shape index (κ1) is 17.7. The summed E-state index contributed by atoms with van der Waals surface area (Å²) in [6.07, 6.45) is 1.35. The molecule has 1 heterocycles. The monoisotopic (exact) mass is 377 g/mol. The molecule has 1 saturated carbocycles. The first-order valence-electron chi connectivity index (χ1n) is 10.3. The Morgan fingerprint density at radius 2 is 1.71 bits per heavy atom. The minimum atomic E-state index is -0.332. The van der Waals surface area contributed by atoms with Crippen LogP contribution < -0.4 is 0 Å². The zero-order valence-electron chi connectivity index (χ0n) is 16.5. The summed E-state index contributed by atoms with van der Waals surface area (Å²) >= 11 is 0. The highest BCUT2D eigenvalue weighted by Gasteiger charge is 2.60. The van der Waals surface area contributed by atoms with Gasteiger partial charge in [-0.25, -0.2) is 4.79 Å². The smallest absolute Gasteiger partial charge is 0.410 e. The van der Waals surface area contributed by atoms with Crippen LogP contribution in [0.15, 0.2) is 48.5 Å². The highest BCUT2D eigenvalue weighted by atomic mass is 16.6. The van der Waals surface area contributed by atoms with Gasteiger partial charge in [0.15, 0.2) is 0 Å². The van der Waals surface area contributed by atoms with Crippen molar-refractivity contribution in [3.8, 4) is 11.1 Å². The molecule has 2 aromatic rings. The van der Waals surface area contributed by atoms with Gasteiger partial charge in [0.25, 0.3) is 0 Å². The van der Waals surface area contributed by atoms with E-state index in [0.29, 0.717) is 13.2 Å². The van der Waals surface area contributed by atoms with Crippen molar-refractivity contribution in [2.45, 2.75) is 44.8 Å². The van der Waals surface area contributed by atoms with E-state index in [-0.39, 0.29) is 35.5 Å². The zero-order valence-corrected chi connectivity index (χ0v) is 16.5. The molecule has 0 aromatic heterocycles. The summed E-state index contributed by atoms with van der Waals surface area (Å²) in [6, 6.07) is 16.8. The average molecular weight is 377 g/mol. The number of fused-ring (bicyclic) bond motifs is 4. The minimum Gasteiger partial charge on any atom is -0.448 e. The van der Waals surface area contributed by atoms with E-state index in [4.69, 9.17) is 4.74 Å². The lowest BCUT2D eigenvalue weighted by Crippen LogP contribution is -2.71. The topological polar surface area (TPSA) is 49.8 Å². The SMILES string of the molecule is CC1(C)[C@@H](O)[C@H]2CCCN(C(=O)OCC3c4ccccc4-c4ccccc43)[C@H]21. The Morgan fingerprint density at radius 1 is 1.11 bits per heavy atom. The Hall–Kier alpha value is -2.33. The van der Waals surface area contributed by atoms with Gasteiger partial charge in [0.2, 0.25) is 0 Å². The molecule has 3 aliphatic rings. The molecule has 2 aromatic carbocycles. The van der Waals surface area contributed by atoms with Crippen molar-refractivity contribution < 1.29 is 14.6 Å². The normalized spacial score (nSPS) is 27.4. The number of carbonyl (C=O) groups is 1. The molecule has 0 radical (unpaired) electrons. The molecule has 5 rings (SSSR count). The number of ether oxygens (including phenoxy) is 1. The van der Waals surface area contributed by atoms with Crippen LogP contribution in [0.2, 0.25) is 0 Å². The van der Waals surface area contributed by atoms with Crippen molar-refractivity contribution in [1.29, 1.82) is 0 Å². The van der Waals surface area contributed by atoms with Gasteiger partial charge in [0, 0.05) is 29.8 Å². The number of hydrogen-bond acceptors (Lipinski definition) is 3. The van der Waals surface area contributed by atoms with Crippen LogP contribution in [0.3, 0.4) is 0 Å². The van der Waals surface area contributed by atoms with Gasteiger partial charge in [-0.2, -0.15) is 0 Å². The van der Waals surface area contributed by atoms with Crippen LogP contribution in [0, 0.1) is 11.3 Å². The molecular weight excluding hydrogens is 350 g/mol. The third-order valence-electron chi connectivity index (χ3n) is 7.18. The molecule has 4 nitrogen and oxygen atoms in total. The fourth-order valence-electron chi connectivity index (χ4n) is 5.80. The van der Waals surface area contributed by atoms with Crippen LogP contribution in [0.1, 0.15) is 43.7 Å². The number of likely N-dealkylation sites (tertiary alicyclic amines) is 1. The first-order valence-corrected chi connectivity index (χ1v) is 10.3. The molecule has 0 bridgehead atoms. The molecule has 146 valence electrons. The van der Waals surface area contributed by atoms with Crippen LogP contribution in [0.4, 0.5) is 4.79 Å². The fraction of sp³-hybridized carbons (Fsp3) is 0.458. The summed E-state index contributed by atoms with van der Waals surface area (Å²) in [5.41, 5.74) is 4.66. The molecule has 4 heteroatoms. The second-order valence-electron chi connectivity index (χ2n) is 9.01. The van der Waals surface area contributed by atoms with Crippen molar-refractivity contribution in [2.75, 3.05) is 13.2 Å². The number of benzene rings is 2. The molecule has 1 amide bonds. The second-order valence-corrected chi connectivity index (χ2v) is 9.01. The second kappa shape index (κ2) is 6.35. The largest absolute Gasteiger partial charge is 0.448 e. The van der Waals surface area contributed by atoms with Crippen molar-refractivity contribution >= 4 is 6.09 Å². The quantitative estimate of drug-likeness (QED) is 0.843. The summed E-state index contributed by atoms with van der Waals surface area (Å²) < 4.78 is 5.87. The predicted molar refractivity (Wildman–Crippen MR) is 108 cm³/mol. The van der Waals surface area contributed by atoms with E-state index in [0.717, 1.165) is 12.8 Å². The number of nitrogens with zero attached hydrogens (tertiary/aromatic N) is 1. The lowest BCUT2D eigenvalue weighted by molar-refractivity contribution is -0.183. The van der Waals surface area contributed by atoms with E-state index < -0.39 is 0 Å². The van der Waals surface area contributed by atoms with E-state index in [1.165, 1.54) is 22.3 Å². The lowest BCUT2D eigenvalue weighted by Gasteiger charge is -2.61. The van der Waals surface area contributed by atoms with Crippen LogP contribution in [-0.2, 0) is 4.74 Å². The Bertz CT molecular complexity index is 876. The molecule has 28 heavy (non-hydrogen) atoms. The molecule has 1 N–H and O–H groups in total. The van der Waals surface area contributed by atoms with E-state index in [1.54, 1.807) is 0 Å². The molecule has 0 unspecified atom stereocenters. The predicted octanol–water partition coefficient (Wildman–Crippen LogP) is 4.42. The molecule has 2 fully saturated rings. The van der Waals surface area contributed by atoms with E-state index in [1.807, 2.05) is 30.9 Å². The van der Waals surface area contributed by atoms with Crippen LogP contribution in [0.5, 0.6) is 0 Å². The summed E-state index contributed by atoms with van der Waals surface area (Å²) in [4.78, 5) is 14.9. The summed E-state index contributed by atoms with van der Waals surface area (Å²) in [5, 5.41) is 10.4. The van der Waals surface area contributed by atoms with Gasteiger partial charge in [-0.3, -0.25) is 0 Å². The Labute approximate surface area is 166 Å². The molecular formula is C24H27NO3. The lowest BCUT2D eigenvalue weighted by atomic mass is 9.54. The maximum atomic E-state index is 13.0. The zero-order chi connectivity index (χ0) is 19.5. The molecule has 0 spiro atoms. The minimum absolute atomic E-state index is 0.0758. The van der Waals surface area contributed by atoms with Crippen molar-refractivity contribution in [3.05, 3.63) is 59.7 Å². The van der Waals surface area contributed by atoms with Gasteiger partial charge >= 0.3 is 6.09 Å². The van der Waals surface area contributed by atoms with Crippen LogP contribution in [-0.4, -0.2) is 41.4 Å². The maximum Gasteiger partial charge on any atom is 0.410 e. The van der Waals surface area contributed by atoms with Gasteiger partial charge < -0.3 is 14.7 Å². The van der Waals surface area contributed by atoms with Crippen molar-refractivity contribution in [2.24, 2.45) is 11.3 Å². The Kier molecular flexibility index (Phi) is 4.02. The number of rotatable bonds is 2. The number of hydrogen-bond donors (Lipinski definition) is 1. The van der Waals surface area contributed by atoms with E-state index in [9.17, 15) is 9.90 Å². The number of piperidine rings is 1. The number of aliphatic hydroxyl groups is 1. The number of amides is 1. The molecule has 1 saturated heterocycles. The number of aliphatic hydroxyl groups excluding tert-OH is 1. The van der Waals surface area contributed by atoms with Crippen molar-refractivity contribution in [1.82, 2.24) is 4.90 Å². The highest BCUT2D eigenvalue weighted by Crippen LogP contribution is 2.52. The van der Waals surface area contributed by atoms with Crippen LogP contribution in [0.25, 0.3) is 11.1 Å². The van der Waals surface area contributed by atoms with Gasteiger partial charge in [0.1, 0.15) is 6.61 Å². The molecule has 3 atom stereocenters. The van der Waals surface area contributed by atoms with Gasteiger partial charge in [-0.1, -0.05) is 62.4 Å². The van der Waals surface area contributed by atoms with E-state index >= 15 is 0 Å². The summed E-state index contributed by atoms with van der Waals surface area (Å²) in [5.74, 6) is 0.265. The summed E-state index contributed by atoms with van der Waals surface area (Å²) in [7, 11) is 0. The summed E-state index contributed by atoms with van der Waals surface area (Å²) in [6.45, 7) is 5.17. The third kappa shape index (κ3) is 2.44. The molecule has 1 aliphatic heterocycles. The van der Waals surface area contributed by atoms with Gasteiger partial charge in [0.05, 0.1) is 6.10 Å². The molecule has 2 aliphatic carbocycles. The van der Waals surface area contributed by atoms with Gasteiger partial charge in [-0.05, 0) is 35.1 Å². The van der Waals surface area contributed by atoms with E-state index in [2.05, 4.69) is 36.4 Å². The third-order valence-corrected chi connectivity index (χ3v) is 7.18. The first-order chi connectivity index (χ1) is 13.5. The Morgan fingerprint density at radius 3 is 2.36 bits per heavy atom. The standard InChI is InChI=1S/C24H27NO3/c1-24(2)21-19(22(24)26)12-7-13-25(21)23(27)28-14-20-17-10-5-3-8-15(17)16-9-4-6-11-18(16)20/h3-6,8-11,19-22,26H,7,12-14H2,1-2H3/t19-,21+,22-/m0/s1. The average Bonchev–Trinajstić information content (AvgIpc) is 3.05. The Balaban J connectivity index is 1.35. The van der Waals surface area contributed by atoms with Crippen molar-refractivity contribution in [3.63, 3.8) is 0 Å².